The molecule has 1 N–H and O–H groups in total. The zero-order valence-corrected chi connectivity index (χ0v) is 11.5. The summed E-state index contributed by atoms with van der Waals surface area (Å²) in [6.45, 7) is 4.61. The number of fused-ring (bicyclic) bond motifs is 1. The molecule has 0 unspecified atom stereocenters. The van der Waals surface area contributed by atoms with Gasteiger partial charge in [0.05, 0.1) is 5.52 Å². The van der Waals surface area contributed by atoms with E-state index in [9.17, 15) is 13.2 Å². The van der Waals surface area contributed by atoms with Crippen molar-refractivity contribution in [1.82, 2.24) is 4.98 Å². The number of aryl methyl sites for hydroxylation is 1. The molecule has 0 aliphatic heterocycles. The second kappa shape index (κ2) is 5.69. The van der Waals surface area contributed by atoms with Gasteiger partial charge in [0.1, 0.15) is 5.69 Å². The average Bonchev–Trinajstić information content (AvgIpc) is 2.42. The molecule has 0 spiro atoms. The summed E-state index contributed by atoms with van der Waals surface area (Å²) < 4.78 is 38.6. The number of nitrogens with zero attached hydrogens (tertiary/aromatic N) is 1. The third-order valence-corrected chi connectivity index (χ3v) is 3.14. The summed E-state index contributed by atoms with van der Waals surface area (Å²) in [5.41, 5.74) is 1.10. The first-order chi connectivity index (χ1) is 9.45. The van der Waals surface area contributed by atoms with Crippen LogP contribution in [0.5, 0.6) is 0 Å². The van der Waals surface area contributed by atoms with E-state index in [1.807, 2.05) is 26.0 Å². The van der Waals surface area contributed by atoms with Crippen LogP contribution >= 0.6 is 0 Å². The summed E-state index contributed by atoms with van der Waals surface area (Å²) in [5, 5.41) is 3.80. The van der Waals surface area contributed by atoms with Crippen LogP contribution in [0.4, 0.5) is 18.9 Å². The maximum atomic E-state index is 12.9. The summed E-state index contributed by atoms with van der Waals surface area (Å²) in [6.07, 6.45) is -2.75. The highest BCUT2D eigenvalue weighted by molar-refractivity contribution is 5.92. The highest BCUT2D eigenvalue weighted by Gasteiger charge is 2.33. The molecule has 2 aromatic rings. The smallest absolute Gasteiger partial charge is 0.384 e. The van der Waals surface area contributed by atoms with E-state index in [0.29, 0.717) is 17.7 Å². The third-order valence-electron chi connectivity index (χ3n) is 3.14. The molecule has 108 valence electrons. The zero-order valence-electron chi connectivity index (χ0n) is 11.5. The van der Waals surface area contributed by atoms with E-state index in [2.05, 4.69) is 10.3 Å². The van der Waals surface area contributed by atoms with E-state index in [-0.39, 0.29) is 0 Å². The summed E-state index contributed by atoms with van der Waals surface area (Å²) >= 11 is 0. The molecule has 0 aliphatic rings. The number of hydrogen-bond donors (Lipinski definition) is 1. The number of hydrogen-bond acceptors (Lipinski definition) is 2. The topological polar surface area (TPSA) is 24.9 Å². The van der Waals surface area contributed by atoms with Crippen LogP contribution in [-0.2, 0) is 12.6 Å². The maximum Gasteiger partial charge on any atom is 0.433 e. The van der Waals surface area contributed by atoms with Gasteiger partial charge in [0, 0.05) is 17.6 Å². The Balaban J connectivity index is 2.61. The first-order valence-corrected chi connectivity index (χ1v) is 6.70. The molecule has 2 rings (SSSR count). The number of benzene rings is 1. The van der Waals surface area contributed by atoms with Gasteiger partial charge in [-0.1, -0.05) is 19.9 Å². The Morgan fingerprint density at radius 2 is 1.90 bits per heavy atom. The van der Waals surface area contributed by atoms with Crippen molar-refractivity contribution in [2.45, 2.75) is 32.9 Å². The predicted octanol–water partition coefficient (Wildman–Crippen LogP) is 4.64. The lowest BCUT2D eigenvalue weighted by Gasteiger charge is -2.13. The van der Waals surface area contributed by atoms with Crippen molar-refractivity contribution >= 4 is 16.6 Å². The molecular formula is C15H17F3N2. The number of rotatable bonds is 4. The number of nitrogens with one attached hydrogen (secondary N) is 1. The van der Waals surface area contributed by atoms with Crippen LogP contribution in [0.15, 0.2) is 24.3 Å². The molecule has 0 aliphatic carbocycles. The third kappa shape index (κ3) is 3.03. The maximum absolute atomic E-state index is 12.9. The molecule has 0 atom stereocenters. The van der Waals surface area contributed by atoms with Gasteiger partial charge in [-0.2, -0.15) is 13.2 Å². The van der Waals surface area contributed by atoms with Crippen LogP contribution in [0.25, 0.3) is 10.9 Å². The number of alkyl halides is 3. The van der Waals surface area contributed by atoms with E-state index in [1.54, 1.807) is 6.07 Å². The predicted molar refractivity (Wildman–Crippen MR) is 74.9 cm³/mol. The average molecular weight is 282 g/mol. The van der Waals surface area contributed by atoms with Gasteiger partial charge < -0.3 is 5.32 Å². The van der Waals surface area contributed by atoms with Crippen LogP contribution < -0.4 is 5.32 Å². The molecule has 1 aromatic carbocycles. The molecule has 1 heterocycles. The minimum Gasteiger partial charge on any atom is -0.384 e. The van der Waals surface area contributed by atoms with Gasteiger partial charge in [-0.15, -0.1) is 0 Å². The van der Waals surface area contributed by atoms with Gasteiger partial charge in [0.25, 0.3) is 0 Å². The minimum atomic E-state index is -4.43. The lowest BCUT2D eigenvalue weighted by atomic mass is 10.1. The fraction of sp³-hybridized carbons (Fsp3) is 0.400. The monoisotopic (exact) mass is 282 g/mol. The molecule has 0 fully saturated rings. The van der Waals surface area contributed by atoms with E-state index in [0.717, 1.165) is 29.9 Å². The van der Waals surface area contributed by atoms with Crippen LogP contribution in [-0.4, -0.2) is 11.5 Å². The van der Waals surface area contributed by atoms with Crippen molar-refractivity contribution in [1.29, 1.82) is 0 Å². The summed E-state index contributed by atoms with van der Waals surface area (Å²) in [4.78, 5) is 3.73. The molecule has 2 nitrogen and oxygen atoms in total. The molecule has 0 bridgehead atoms. The molecule has 0 amide bonds. The molecule has 5 heteroatoms. The van der Waals surface area contributed by atoms with Crippen molar-refractivity contribution in [2.24, 2.45) is 0 Å². The summed E-state index contributed by atoms with van der Waals surface area (Å²) in [5.74, 6) is 0. The first-order valence-electron chi connectivity index (χ1n) is 6.70. The van der Waals surface area contributed by atoms with E-state index >= 15 is 0 Å². The van der Waals surface area contributed by atoms with Crippen molar-refractivity contribution in [3.05, 3.63) is 35.5 Å². The highest BCUT2D eigenvalue weighted by atomic mass is 19.4. The van der Waals surface area contributed by atoms with E-state index in [4.69, 9.17) is 0 Å². The Hall–Kier alpha value is -1.78. The molecule has 20 heavy (non-hydrogen) atoms. The Morgan fingerprint density at radius 3 is 2.50 bits per heavy atom. The first kappa shape index (κ1) is 14.6. The van der Waals surface area contributed by atoms with Gasteiger partial charge in [0.2, 0.25) is 0 Å². The lowest BCUT2D eigenvalue weighted by Crippen LogP contribution is -2.10. The standard InChI is InChI=1S/C15H17F3N2/c1-3-7-19-13-9-14(15(16,17)18)20-12-6-5-10(4-2)8-11(12)13/h5-6,8-9H,3-4,7H2,1-2H3,(H,19,20). The van der Waals surface area contributed by atoms with Crippen molar-refractivity contribution in [3.8, 4) is 0 Å². The van der Waals surface area contributed by atoms with Gasteiger partial charge in [0.15, 0.2) is 0 Å². The largest absolute Gasteiger partial charge is 0.433 e. The second-order valence-electron chi connectivity index (χ2n) is 4.68. The number of aromatic nitrogens is 1. The quantitative estimate of drug-likeness (QED) is 0.883. The Kier molecular flexibility index (Phi) is 4.16. The van der Waals surface area contributed by atoms with Crippen LogP contribution in [0, 0.1) is 0 Å². The number of halogens is 3. The highest BCUT2D eigenvalue weighted by Crippen LogP contribution is 2.33. The minimum absolute atomic E-state index is 0.371. The summed E-state index contributed by atoms with van der Waals surface area (Å²) in [6, 6.07) is 6.47. The fourth-order valence-electron chi connectivity index (χ4n) is 2.04. The van der Waals surface area contributed by atoms with Gasteiger partial charge in [-0.3, -0.25) is 0 Å². The second-order valence-corrected chi connectivity index (χ2v) is 4.68. The van der Waals surface area contributed by atoms with Crippen molar-refractivity contribution < 1.29 is 13.2 Å². The van der Waals surface area contributed by atoms with E-state index < -0.39 is 11.9 Å². The van der Waals surface area contributed by atoms with Crippen molar-refractivity contribution in [2.75, 3.05) is 11.9 Å². The molecule has 1 aromatic heterocycles. The van der Waals surface area contributed by atoms with E-state index in [1.165, 1.54) is 0 Å². The Labute approximate surface area is 116 Å². The number of anilines is 1. The van der Waals surface area contributed by atoms with Gasteiger partial charge >= 0.3 is 6.18 Å². The fourth-order valence-corrected chi connectivity index (χ4v) is 2.04. The van der Waals surface area contributed by atoms with Crippen LogP contribution in [0.3, 0.4) is 0 Å². The normalized spacial score (nSPS) is 11.8. The van der Waals surface area contributed by atoms with Gasteiger partial charge in [-0.05, 0) is 36.6 Å². The molecule has 0 radical (unpaired) electrons. The number of pyridine rings is 1. The molecule has 0 saturated carbocycles. The van der Waals surface area contributed by atoms with Gasteiger partial charge in [-0.25, -0.2) is 4.98 Å². The van der Waals surface area contributed by atoms with Crippen LogP contribution in [0.2, 0.25) is 0 Å². The molecular weight excluding hydrogens is 265 g/mol. The summed E-state index contributed by atoms with van der Waals surface area (Å²) in [7, 11) is 0. The SMILES string of the molecule is CCCNc1cc(C(F)(F)F)nc2ccc(CC)cc12. The zero-order chi connectivity index (χ0) is 14.8. The van der Waals surface area contributed by atoms with Crippen molar-refractivity contribution in [3.63, 3.8) is 0 Å². The lowest BCUT2D eigenvalue weighted by molar-refractivity contribution is -0.140. The van der Waals surface area contributed by atoms with Crippen LogP contribution in [0.1, 0.15) is 31.5 Å². The Morgan fingerprint density at radius 1 is 1.15 bits per heavy atom. The molecule has 0 saturated heterocycles. The Bertz CT molecular complexity index is 606.